The third kappa shape index (κ3) is 1.78. The Morgan fingerprint density at radius 2 is 2.23 bits per heavy atom. The van der Waals surface area contributed by atoms with Crippen LogP contribution in [-0.2, 0) is 0 Å². The molecule has 2 aromatic rings. The van der Waals surface area contributed by atoms with Gasteiger partial charge in [-0.2, -0.15) is 0 Å². The first-order valence-corrected chi connectivity index (χ1v) is 4.69. The summed E-state index contributed by atoms with van der Waals surface area (Å²) in [7, 11) is 0. The topological polar surface area (TPSA) is 41.6 Å². The van der Waals surface area contributed by atoms with Gasteiger partial charge in [-0.3, -0.25) is 0 Å². The lowest BCUT2D eigenvalue weighted by molar-refractivity contribution is 1.06. The molecule has 0 bridgehead atoms. The number of halogens is 1. The van der Waals surface area contributed by atoms with Crippen LogP contribution in [0.2, 0.25) is 0 Å². The SMILES string of the molecule is Cc1cc(-c2cc[nH]c2)nc(Br)n1. The molecule has 0 saturated heterocycles. The lowest BCUT2D eigenvalue weighted by atomic mass is 10.2. The van der Waals surface area contributed by atoms with Crippen LogP contribution in [-0.4, -0.2) is 15.0 Å². The zero-order chi connectivity index (χ0) is 9.26. The highest BCUT2D eigenvalue weighted by atomic mass is 79.9. The molecule has 0 saturated carbocycles. The molecular formula is C9H8BrN3. The second-order valence-electron chi connectivity index (χ2n) is 2.76. The van der Waals surface area contributed by atoms with Gasteiger partial charge in [-0.1, -0.05) is 0 Å². The van der Waals surface area contributed by atoms with Crippen LogP contribution in [0.15, 0.2) is 29.3 Å². The lowest BCUT2D eigenvalue weighted by Gasteiger charge is -1.98. The van der Waals surface area contributed by atoms with Crippen LogP contribution in [0.1, 0.15) is 5.69 Å². The molecule has 66 valence electrons. The second-order valence-corrected chi connectivity index (χ2v) is 3.47. The Bertz CT molecular complexity index is 389. The van der Waals surface area contributed by atoms with Gasteiger partial charge in [0.1, 0.15) is 0 Å². The van der Waals surface area contributed by atoms with Crippen molar-refractivity contribution < 1.29 is 0 Å². The van der Waals surface area contributed by atoms with Crippen molar-refractivity contribution in [2.24, 2.45) is 0 Å². The van der Waals surface area contributed by atoms with Gasteiger partial charge < -0.3 is 4.98 Å². The largest absolute Gasteiger partial charge is 0.367 e. The first-order valence-electron chi connectivity index (χ1n) is 3.90. The number of H-pyrrole nitrogens is 1. The maximum absolute atomic E-state index is 4.26. The third-order valence-electron chi connectivity index (χ3n) is 1.72. The molecule has 0 spiro atoms. The third-order valence-corrected chi connectivity index (χ3v) is 2.08. The smallest absolute Gasteiger partial charge is 0.197 e. The van der Waals surface area contributed by atoms with Gasteiger partial charge in [0.25, 0.3) is 0 Å². The van der Waals surface area contributed by atoms with Crippen molar-refractivity contribution in [2.75, 3.05) is 0 Å². The van der Waals surface area contributed by atoms with E-state index in [0.717, 1.165) is 17.0 Å². The fourth-order valence-electron chi connectivity index (χ4n) is 1.16. The summed E-state index contributed by atoms with van der Waals surface area (Å²) < 4.78 is 0.628. The lowest BCUT2D eigenvalue weighted by Crippen LogP contribution is -1.89. The van der Waals surface area contributed by atoms with Gasteiger partial charge in [0.15, 0.2) is 4.73 Å². The molecule has 0 aliphatic rings. The first-order chi connectivity index (χ1) is 6.25. The number of hydrogen-bond acceptors (Lipinski definition) is 2. The predicted octanol–water partition coefficient (Wildman–Crippen LogP) is 2.54. The van der Waals surface area contributed by atoms with E-state index in [-0.39, 0.29) is 0 Å². The molecule has 2 rings (SSSR count). The van der Waals surface area contributed by atoms with Gasteiger partial charge >= 0.3 is 0 Å². The second kappa shape index (κ2) is 3.30. The van der Waals surface area contributed by atoms with E-state index in [1.54, 1.807) is 0 Å². The number of nitrogens with zero attached hydrogens (tertiary/aromatic N) is 2. The van der Waals surface area contributed by atoms with E-state index >= 15 is 0 Å². The van der Waals surface area contributed by atoms with Gasteiger partial charge in [0, 0.05) is 23.7 Å². The highest BCUT2D eigenvalue weighted by Crippen LogP contribution is 2.18. The summed E-state index contributed by atoms with van der Waals surface area (Å²) in [6.45, 7) is 1.95. The Morgan fingerprint density at radius 3 is 2.85 bits per heavy atom. The van der Waals surface area contributed by atoms with Crippen LogP contribution in [0.4, 0.5) is 0 Å². The fourth-order valence-corrected chi connectivity index (χ4v) is 1.63. The van der Waals surface area contributed by atoms with Crippen LogP contribution < -0.4 is 0 Å². The van der Waals surface area contributed by atoms with Crippen LogP contribution in [0.5, 0.6) is 0 Å². The summed E-state index contributed by atoms with van der Waals surface area (Å²) in [6, 6.07) is 3.93. The van der Waals surface area contributed by atoms with Crippen LogP contribution in [0.25, 0.3) is 11.3 Å². The molecule has 3 nitrogen and oxygen atoms in total. The van der Waals surface area contributed by atoms with Gasteiger partial charge in [0.2, 0.25) is 0 Å². The summed E-state index contributed by atoms with van der Waals surface area (Å²) in [5, 5.41) is 0. The molecule has 1 N–H and O–H groups in total. The Morgan fingerprint density at radius 1 is 1.38 bits per heavy atom. The summed E-state index contributed by atoms with van der Waals surface area (Å²) >= 11 is 3.27. The molecule has 0 amide bonds. The summed E-state index contributed by atoms with van der Waals surface area (Å²) in [6.07, 6.45) is 3.79. The Labute approximate surface area is 84.4 Å². The molecule has 0 atom stereocenters. The number of rotatable bonds is 1. The standard InChI is InChI=1S/C9H8BrN3/c1-6-4-8(13-9(10)12-6)7-2-3-11-5-7/h2-5,11H,1H3. The minimum atomic E-state index is 0.628. The number of aromatic amines is 1. The van der Waals surface area contributed by atoms with Crippen molar-refractivity contribution in [1.29, 1.82) is 0 Å². The molecule has 4 heteroatoms. The quantitative estimate of drug-likeness (QED) is 0.775. The molecule has 13 heavy (non-hydrogen) atoms. The van der Waals surface area contributed by atoms with Crippen LogP contribution in [0, 0.1) is 6.92 Å². The molecule has 2 heterocycles. The summed E-state index contributed by atoms with van der Waals surface area (Å²) in [4.78, 5) is 11.4. The van der Waals surface area contributed by atoms with E-state index in [1.165, 1.54) is 0 Å². The molecule has 0 aromatic carbocycles. The molecule has 0 fully saturated rings. The van der Waals surface area contributed by atoms with Gasteiger partial charge in [0.05, 0.1) is 5.69 Å². The molecule has 0 radical (unpaired) electrons. The Balaban J connectivity index is 2.53. The maximum atomic E-state index is 4.26. The van der Waals surface area contributed by atoms with Crippen molar-refractivity contribution in [1.82, 2.24) is 15.0 Å². The minimum absolute atomic E-state index is 0.628. The van der Waals surface area contributed by atoms with Crippen molar-refractivity contribution in [3.63, 3.8) is 0 Å². The normalized spacial score (nSPS) is 10.3. The molecule has 0 aliphatic heterocycles. The number of nitrogens with one attached hydrogen (secondary N) is 1. The molecular weight excluding hydrogens is 230 g/mol. The van der Waals surface area contributed by atoms with Crippen molar-refractivity contribution in [3.8, 4) is 11.3 Å². The average molecular weight is 238 g/mol. The molecule has 0 aliphatic carbocycles. The van der Waals surface area contributed by atoms with E-state index in [1.807, 2.05) is 31.5 Å². The van der Waals surface area contributed by atoms with E-state index < -0.39 is 0 Å². The maximum Gasteiger partial charge on any atom is 0.197 e. The van der Waals surface area contributed by atoms with Crippen LogP contribution in [0.3, 0.4) is 0 Å². The minimum Gasteiger partial charge on any atom is -0.367 e. The van der Waals surface area contributed by atoms with Gasteiger partial charge in [-0.05, 0) is 35.0 Å². The first kappa shape index (κ1) is 8.44. The Kier molecular flexibility index (Phi) is 2.14. The van der Waals surface area contributed by atoms with Crippen molar-refractivity contribution in [2.45, 2.75) is 6.92 Å². The predicted molar refractivity (Wildman–Crippen MR) is 54.3 cm³/mol. The van der Waals surface area contributed by atoms with Crippen LogP contribution >= 0.6 is 15.9 Å². The number of hydrogen-bond donors (Lipinski definition) is 1. The van der Waals surface area contributed by atoms with Crippen molar-refractivity contribution >= 4 is 15.9 Å². The highest BCUT2D eigenvalue weighted by molar-refractivity contribution is 9.10. The van der Waals surface area contributed by atoms with E-state index in [2.05, 4.69) is 30.9 Å². The number of aryl methyl sites for hydroxylation is 1. The highest BCUT2D eigenvalue weighted by Gasteiger charge is 2.02. The van der Waals surface area contributed by atoms with Gasteiger partial charge in [-0.15, -0.1) is 0 Å². The summed E-state index contributed by atoms with van der Waals surface area (Å²) in [5.74, 6) is 0. The van der Waals surface area contributed by atoms with E-state index in [0.29, 0.717) is 4.73 Å². The molecule has 0 unspecified atom stereocenters. The molecule has 2 aromatic heterocycles. The van der Waals surface area contributed by atoms with E-state index in [4.69, 9.17) is 0 Å². The Hall–Kier alpha value is -1.16. The number of aromatic nitrogens is 3. The van der Waals surface area contributed by atoms with E-state index in [9.17, 15) is 0 Å². The zero-order valence-corrected chi connectivity index (χ0v) is 8.67. The average Bonchev–Trinajstić information content (AvgIpc) is 2.53. The zero-order valence-electron chi connectivity index (χ0n) is 7.08. The monoisotopic (exact) mass is 237 g/mol. The fraction of sp³-hybridized carbons (Fsp3) is 0.111. The summed E-state index contributed by atoms with van der Waals surface area (Å²) in [5.41, 5.74) is 2.96. The van der Waals surface area contributed by atoms with Gasteiger partial charge in [-0.25, -0.2) is 9.97 Å². The van der Waals surface area contributed by atoms with Crippen molar-refractivity contribution in [3.05, 3.63) is 35.0 Å².